The van der Waals surface area contributed by atoms with Crippen LogP contribution in [0.25, 0.3) is 10.8 Å². The predicted octanol–water partition coefficient (Wildman–Crippen LogP) is 9.22. The zero-order valence-electron chi connectivity index (χ0n) is 24.5. The van der Waals surface area contributed by atoms with E-state index in [9.17, 15) is 13.5 Å². The lowest BCUT2D eigenvalue weighted by molar-refractivity contribution is 0.372. The lowest BCUT2D eigenvalue weighted by Crippen LogP contribution is -2.28. The van der Waals surface area contributed by atoms with Gasteiger partial charge in [-0.1, -0.05) is 96.6 Å². The molecule has 3 N–H and O–H groups in total. The number of phenols is 1. The number of nitrogens with zero attached hydrogens (tertiary/aromatic N) is 2. The Morgan fingerprint density at radius 3 is 1.88 bits per heavy atom. The van der Waals surface area contributed by atoms with Crippen molar-refractivity contribution in [2.45, 2.75) is 84.0 Å². The lowest BCUT2D eigenvalue weighted by Gasteiger charge is -2.19. The molecule has 3 aromatic rings. The second kappa shape index (κ2) is 17.8. The molecular formula is C32H47N3O4S. The van der Waals surface area contributed by atoms with E-state index >= 15 is 0 Å². The summed E-state index contributed by atoms with van der Waals surface area (Å²) in [4.78, 5) is -0.218. The zero-order chi connectivity index (χ0) is 29.4. The Bertz CT molecular complexity index is 1260. The van der Waals surface area contributed by atoms with Crippen LogP contribution in [0, 0.1) is 11.8 Å². The number of hydrogen-bond acceptors (Lipinski definition) is 6. The Hall–Kier alpha value is -2.81. The smallest absolute Gasteiger partial charge is 0.294 e. The molecule has 0 saturated carbocycles. The Morgan fingerprint density at radius 2 is 1.35 bits per heavy atom. The standard InChI is InChI=1S/C16H12N2O4S.C16H35N/c19-15-10-5-11-3-1-2-4-14(11)16(15)18-17-12-6-8-13(9-7-12)23(20,21)22;1-5-9-11-15(7-3)13-17-14-16(8-4)12-10-6-2/h1-10,19H,(H,20,21,22);15-17H,5-14H2,1-4H3. The molecule has 0 spiro atoms. The van der Waals surface area contributed by atoms with Crippen molar-refractivity contribution in [1.82, 2.24) is 5.32 Å². The fourth-order valence-electron chi connectivity index (χ4n) is 4.52. The predicted molar refractivity (Wildman–Crippen MR) is 166 cm³/mol. The van der Waals surface area contributed by atoms with Crippen LogP contribution in [0.2, 0.25) is 0 Å². The molecule has 0 amide bonds. The molecule has 40 heavy (non-hydrogen) atoms. The third-order valence-electron chi connectivity index (χ3n) is 7.23. The second-order valence-electron chi connectivity index (χ2n) is 10.3. The van der Waals surface area contributed by atoms with Gasteiger partial charge in [0.15, 0.2) is 0 Å². The monoisotopic (exact) mass is 569 g/mol. The van der Waals surface area contributed by atoms with Gasteiger partial charge in [-0.05, 0) is 73.5 Å². The van der Waals surface area contributed by atoms with Crippen LogP contribution in [-0.2, 0) is 10.1 Å². The normalized spacial score (nSPS) is 13.2. The molecule has 7 nitrogen and oxygen atoms in total. The van der Waals surface area contributed by atoms with Crippen molar-refractivity contribution in [3.8, 4) is 5.75 Å². The van der Waals surface area contributed by atoms with Crippen LogP contribution in [0.3, 0.4) is 0 Å². The van der Waals surface area contributed by atoms with Crippen LogP contribution in [0.5, 0.6) is 5.75 Å². The van der Waals surface area contributed by atoms with E-state index < -0.39 is 10.1 Å². The van der Waals surface area contributed by atoms with E-state index in [-0.39, 0.29) is 10.6 Å². The Labute approximate surface area is 240 Å². The molecule has 0 bridgehead atoms. The summed E-state index contributed by atoms with van der Waals surface area (Å²) in [7, 11) is -4.23. The van der Waals surface area contributed by atoms with Crippen LogP contribution in [0.15, 0.2) is 75.8 Å². The number of azo groups is 1. The Balaban J connectivity index is 0.000000296. The van der Waals surface area contributed by atoms with Crippen molar-refractivity contribution in [3.05, 3.63) is 60.7 Å². The van der Waals surface area contributed by atoms with Crippen LogP contribution in [0.4, 0.5) is 11.4 Å². The molecule has 0 aromatic heterocycles. The third-order valence-corrected chi connectivity index (χ3v) is 8.10. The molecule has 0 aliphatic heterocycles. The summed E-state index contributed by atoms with van der Waals surface area (Å²) in [6.07, 6.45) is 10.9. The number of phenolic OH excluding ortho intramolecular Hbond substituents is 1. The molecule has 220 valence electrons. The molecule has 2 atom stereocenters. The van der Waals surface area contributed by atoms with Gasteiger partial charge in [-0.25, -0.2) is 0 Å². The average molecular weight is 570 g/mol. The van der Waals surface area contributed by atoms with Gasteiger partial charge in [0.2, 0.25) is 0 Å². The molecule has 0 aliphatic rings. The first-order chi connectivity index (χ1) is 19.2. The minimum Gasteiger partial charge on any atom is -0.506 e. The third kappa shape index (κ3) is 11.4. The molecule has 0 heterocycles. The maximum atomic E-state index is 11.0. The summed E-state index contributed by atoms with van der Waals surface area (Å²) in [6, 6.07) is 16.0. The average Bonchev–Trinajstić information content (AvgIpc) is 2.96. The van der Waals surface area contributed by atoms with E-state index in [2.05, 4.69) is 43.2 Å². The molecule has 0 radical (unpaired) electrons. The first kappa shape index (κ1) is 33.4. The summed E-state index contributed by atoms with van der Waals surface area (Å²) >= 11 is 0. The summed E-state index contributed by atoms with van der Waals surface area (Å²) in [5, 5.41) is 23.4. The van der Waals surface area contributed by atoms with Gasteiger partial charge >= 0.3 is 0 Å². The number of unbranched alkanes of at least 4 members (excludes halogenated alkanes) is 2. The maximum Gasteiger partial charge on any atom is 0.294 e. The molecule has 3 aromatic carbocycles. The quantitative estimate of drug-likeness (QED) is 0.125. The largest absolute Gasteiger partial charge is 0.506 e. The number of aromatic hydroxyl groups is 1. The number of rotatable bonds is 15. The second-order valence-corrected chi connectivity index (χ2v) is 11.7. The molecular weight excluding hydrogens is 522 g/mol. The number of fused-ring (bicyclic) bond motifs is 1. The van der Waals surface area contributed by atoms with Gasteiger partial charge in [-0.2, -0.15) is 13.5 Å². The van der Waals surface area contributed by atoms with Gasteiger partial charge in [-0.3, -0.25) is 4.55 Å². The van der Waals surface area contributed by atoms with Crippen LogP contribution >= 0.6 is 0 Å². The Kier molecular flexibility index (Phi) is 14.9. The summed E-state index contributed by atoms with van der Waals surface area (Å²) in [5.74, 6) is 1.80. The molecule has 0 saturated heterocycles. The van der Waals surface area contributed by atoms with Crippen LogP contribution < -0.4 is 5.32 Å². The van der Waals surface area contributed by atoms with E-state index in [1.54, 1.807) is 6.07 Å². The number of hydrogen-bond donors (Lipinski definition) is 3. The van der Waals surface area contributed by atoms with Crippen molar-refractivity contribution in [3.63, 3.8) is 0 Å². The van der Waals surface area contributed by atoms with Crippen molar-refractivity contribution < 1.29 is 18.1 Å². The van der Waals surface area contributed by atoms with E-state index in [1.807, 2.05) is 24.3 Å². The van der Waals surface area contributed by atoms with Gasteiger partial charge < -0.3 is 10.4 Å². The highest BCUT2D eigenvalue weighted by Crippen LogP contribution is 2.36. The van der Waals surface area contributed by atoms with E-state index in [0.717, 1.165) is 22.6 Å². The fraction of sp³-hybridized carbons (Fsp3) is 0.500. The van der Waals surface area contributed by atoms with Crippen molar-refractivity contribution in [1.29, 1.82) is 0 Å². The van der Waals surface area contributed by atoms with Gasteiger partial charge in [0.05, 0.1) is 10.6 Å². The molecule has 3 rings (SSSR count). The van der Waals surface area contributed by atoms with Gasteiger partial charge in [0, 0.05) is 5.39 Å². The van der Waals surface area contributed by atoms with Crippen molar-refractivity contribution >= 4 is 32.3 Å². The fourth-order valence-corrected chi connectivity index (χ4v) is 5.00. The molecule has 0 aliphatic carbocycles. The van der Waals surface area contributed by atoms with E-state index in [1.165, 1.54) is 94.8 Å². The van der Waals surface area contributed by atoms with Gasteiger partial charge in [0.1, 0.15) is 11.4 Å². The first-order valence-corrected chi connectivity index (χ1v) is 16.1. The van der Waals surface area contributed by atoms with Gasteiger partial charge in [0.25, 0.3) is 10.1 Å². The van der Waals surface area contributed by atoms with Crippen molar-refractivity contribution in [2.75, 3.05) is 13.1 Å². The highest BCUT2D eigenvalue weighted by molar-refractivity contribution is 7.85. The van der Waals surface area contributed by atoms with E-state index in [0.29, 0.717) is 11.4 Å². The highest BCUT2D eigenvalue weighted by atomic mass is 32.2. The minimum absolute atomic E-state index is 0.00186. The van der Waals surface area contributed by atoms with Crippen molar-refractivity contribution in [2.24, 2.45) is 22.1 Å². The maximum absolute atomic E-state index is 11.0. The summed E-state index contributed by atoms with van der Waals surface area (Å²) in [6.45, 7) is 11.7. The molecule has 0 fully saturated rings. The number of benzene rings is 3. The molecule has 8 heteroatoms. The lowest BCUT2D eigenvalue weighted by atomic mass is 9.97. The van der Waals surface area contributed by atoms with Gasteiger partial charge in [-0.15, -0.1) is 5.11 Å². The van der Waals surface area contributed by atoms with Crippen LogP contribution in [0.1, 0.15) is 79.1 Å². The Morgan fingerprint density at radius 1 is 0.775 bits per heavy atom. The van der Waals surface area contributed by atoms with E-state index in [4.69, 9.17) is 4.55 Å². The SMILES string of the molecule is CCCCC(CC)CNCC(CC)CCCC.O=S(=O)(O)c1ccc(N=Nc2c(O)ccc3ccccc23)cc1. The topological polar surface area (TPSA) is 111 Å². The zero-order valence-corrected chi connectivity index (χ0v) is 25.3. The minimum atomic E-state index is -4.23. The first-order valence-electron chi connectivity index (χ1n) is 14.6. The molecule has 2 unspecified atom stereocenters. The number of nitrogens with one attached hydrogen (secondary N) is 1. The summed E-state index contributed by atoms with van der Waals surface area (Å²) < 4.78 is 30.9. The highest BCUT2D eigenvalue weighted by Gasteiger charge is 2.10. The summed E-state index contributed by atoms with van der Waals surface area (Å²) in [5.41, 5.74) is 0.728. The van der Waals surface area contributed by atoms with Crippen LogP contribution in [-0.4, -0.2) is 31.2 Å².